The summed E-state index contributed by atoms with van der Waals surface area (Å²) in [6.45, 7) is 5.72. The van der Waals surface area contributed by atoms with Crippen LogP contribution in [0.25, 0.3) is 0 Å². The van der Waals surface area contributed by atoms with Crippen LogP contribution in [0.1, 0.15) is 44.1 Å². The zero-order chi connectivity index (χ0) is 20.4. The van der Waals surface area contributed by atoms with Crippen molar-refractivity contribution in [2.75, 3.05) is 25.1 Å². The molecule has 0 aromatic carbocycles. The first-order valence-electron chi connectivity index (χ1n) is 9.61. The number of rotatable bonds is 4. The first kappa shape index (κ1) is 20.6. The topological polar surface area (TPSA) is 38.2 Å². The molecule has 1 saturated carbocycles. The van der Waals surface area contributed by atoms with Crippen molar-refractivity contribution in [3.63, 3.8) is 0 Å². The molecular weight excluding hydrogens is 367 g/mol. The van der Waals surface area contributed by atoms with E-state index in [2.05, 4.69) is 14.9 Å². The number of alkyl halides is 3. The molecule has 1 spiro atoms. The van der Waals surface area contributed by atoms with Crippen molar-refractivity contribution >= 4 is 5.69 Å². The molecule has 0 amide bonds. The van der Waals surface area contributed by atoms with Gasteiger partial charge in [-0.15, -0.1) is 0 Å². The normalized spacial score (nSPS) is 19.3. The molecule has 0 bridgehead atoms. The zero-order valence-electron chi connectivity index (χ0n) is 16.4. The van der Waals surface area contributed by atoms with Crippen LogP contribution in [0.2, 0.25) is 0 Å². The van der Waals surface area contributed by atoms with E-state index in [1.807, 2.05) is 32.2 Å². The number of methoxy groups -OCH3 is 1. The Morgan fingerprint density at radius 2 is 1.86 bits per heavy atom. The SMILES string of the molecule is CC.COC(c1cccnc1)C1CC2(C1)CN(c1ccc(C(F)(F)F)nc1)C2. The van der Waals surface area contributed by atoms with Crippen molar-refractivity contribution in [2.45, 2.75) is 39.0 Å². The summed E-state index contributed by atoms with van der Waals surface area (Å²) < 4.78 is 43.5. The van der Waals surface area contributed by atoms with Crippen LogP contribution >= 0.6 is 0 Å². The molecule has 4 rings (SSSR count). The van der Waals surface area contributed by atoms with E-state index in [-0.39, 0.29) is 11.5 Å². The van der Waals surface area contributed by atoms with E-state index in [1.165, 1.54) is 12.3 Å². The molecule has 28 heavy (non-hydrogen) atoms. The molecule has 2 aliphatic rings. The Bertz CT molecular complexity index is 751. The number of nitrogens with zero attached hydrogens (tertiary/aromatic N) is 3. The molecule has 2 aromatic heterocycles. The third-order valence-corrected chi connectivity index (χ3v) is 5.54. The Morgan fingerprint density at radius 3 is 2.36 bits per heavy atom. The van der Waals surface area contributed by atoms with Gasteiger partial charge in [0.25, 0.3) is 0 Å². The molecule has 1 aliphatic carbocycles. The minimum absolute atomic E-state index is 0.0520. The summed E-state index contributed by atoms with van der Waals surface area (Å²) in [5, 5.41) is 0. The molecule has 7 heteroatoms. The predicted octanol–water partition coefficient (Wildman–Crippen LogP) is 5.13. The Morgan fingerprint density at radius 1 is 1.14 bits per heavy atom. The van der Waals surface area contributed by atoms with E-state index in [4.69, 9.17) is 4.74 Å². The Kier molecular flexibility index (Phi) is 5.93. The number of halogens is 3. The lowest BCUT2D eigenvalue weighted by Crippen LogP contribution is -2.63. The Balaban J connectivity index is 0.00000109. The van der Waals surface area contributed by atoms with Gasteiger partial charge in [-0.3, -0.25) is 4.98 Å². The van der Waals surface area contributed by atoms with Crippen LogP contribution in [0.3, 0.4) is 0 Å². The van der Waals surface area contributed by atoms with E-state index in [1.54, 1.807) is 13.3 Å². The number of ether oxygens (including phenoxy) is 1. The second kappa shape index (κ2) is 8.07. The van der Waals surface area contributed by atoms with Crippen molar-refractivity contribution in [3.8, 4) is 0 Å². The molecule has 1 saturated heterocycles. The van der Waals surface area contributed by atoms with Gasteiger partial charge in [0.2, 0.25) is 0 Å². The summed E-state index contributed by atoms with van der Waals surface area (Å²) in [6.07, 6.45) is 2.70. The van der Waals surface area contributed by atoms with Gasteiger partial charge in [0, 0.05) is 38.0 Å². The van der Waals surface area contributed by atoms with Crippen LogP contribution in [-0.4, -0.2) is 30.2 Å². The van der Waals surface area contributed by atoms with Gasteiger partial charge in [0.05, 0.1) is 18.0 Å². The molecule has 1 unspecified atom stereocenters. The minimum Gasteiger partial charge on any atom is -0.376 e. The van der Waals surface area contributed by atoms with E-state index < -0.39 is 11.9 Å². The lowest BCUT2D eigenvalue weighted by molar-refractivity contribution is -0.141. The quantitative estimate of drug-likeness (QED) is 0.722. The van der Waals surface area contributed by atoms with Gasteiger partial charge in [-0.25, -0.2) is 4.98 Å². The van der Waals surface area contributed by atoms with E-state index >= 15 is 0 Å². The first-order chi connectivity index (χ1) is 13.4. The average molecular weight is 393 g/mol. The number of anilines is 1. The highest BCUT2D eigenvalue weighted by Crippen LogP contribution is 2.57. The van der Waals surface area contributed by atoms with E-state index in [0.29, 0.717) is 5.92 Å². The average Bonchev–Trinajstić information content (AvgIpc) is 2.64. The second-order valence-electron chi connectivity index (χ2n) is 7.37. The van der Waals surface area contributed by atoms with Gasteiger partial charge >= 0.3 is 6.18 Å². The molecule has 2 fully saturated rings. The highest BCUT2D eigenvalue weighted by molar-refractivity contribution is 5.49. The van der Waals surface area contributed by atoms with Crippen LogP contribution in [0.4, 0.5) is 18.9 Å². The summed E-state index contributed by atoms with van der Waals surface area (Å²) >= 11 is 0. The van der Waals surface area contributed by atoms with E-state index in [9.17, 15) is 13.2 Å². The van der Waals surface area contributed by atoms with Crippen LogP contribution in [0.15, 0.2) is 42.9 Å². The zero-order valence-corrected chi connectivity index (χ0v) is 16.4. The molecule has 1 atom stereocenters. The summed E-state index contributed by atoms with van der Waals surface area (Å²) in [6, 6.07) is 6.51. The maximum Gasteiger partial charge on any atom is 0.433 e. The van der Waals surface area contributed by atoms with Gasteiger partial charge < -0.3 is 9.64 Å². The van der Waals surface area contributed by atoms with Crippen LogP contribution in [-0.2, 0) is 10.9 Å². The molecule has 1 aliphatic heterocycles. The van der Waals surface area contributed by atoms with Crippen LogP contribution < -0.4 is 4.90 Å². The highest BCUT2D eigenvalue weighted by atomic mass is 19.4. The monoisotopic (exact) mass is 393 g/mol. The minimum atomic E-state index is -4.39. The maximum absolute atomic E-state index is 12.6. The summed E-state index contributed by atoms with van der Waals surface area (Å²) in [5.74, 6) is 0.456. The van der Waals surface area contributed by atoms with Crippen molar-refractivity contribution in [3.05, 3.63) is 54.1 Å². The van der Waals surface area contributed by atoms with Crippen molar-refractivity contribution in [1.82, 2.24) is 9.97 Å². The molecule has 2 aromatic rings. The Labute approximate surface area is 163 Å². The van der Waals surface area contributed by atoms with Gasteiger partial charge in [0.1, 0.15) is 5.69 Å². The summed E-state index contributed by atoms with van der Waals surface area (Å²) in [4.78, 5) is 9.81. The van der Waals surface area contributed by atoms with Gasteiger partial charge in [-0.2, -0.15) is 13.2 Å². The van der Waals surface area contributed by atoms with E-state index in [0.717, 1.165) is 43.2 Å². The smallest absolute Gasteiger partial charge is 0.376 e. The lowest BCUT2D eigenvalue weighted by Gasteiger charge is -2.61. The summed E-state index contributed by atoms with van der Waals surface area (Å²) in [7, 11) is 1.73. The van der Waals surface area contributed by atoms with Gasteiger partial charge in [-0.1, -0.05) is 19.9 Å². The lowest BCUT2D eigenvalue weighted by atomic mass is 9.55. The standard InChI is InChI=1S/C19H20F3N3O.C2H6/c1-26-17(13-3-2-6-23-9-13)14-7-18(8-14)11-25(12-18)15-4-5-16(24-10-15)19(20,21)22;1-2/h2-6,9-10,14,17H,7-8,11-12H2,1H3;1-2H3. The fourth-order valence-electron chi connectivity index (χ4n) is 4.36. The number of hydrogen-bond acceptors (Lipinski definition) is 4. The fourth-order valence-corrected chi connectivity index (χ4v) is 4.36. The maximum atomic E-state index is 12.6. The molecule has 0 radical (unpaired) electrons. The van der Waals surface area contributed by atoms with Crippen molar-refractivity contribution < 1.29 is 17.9 Å². The molecule has 4 nitrogen and oxygen atoms in total. The second-order valence-corrected chi connectivity index (χ2v) is 7.37. The predicted molar refractivity (Wildman–Crippen MR) is 102 cm³/mol. The number of hydrogen-bond donors (Lipinski definition) is 0. The fraction of sp³-hybridized carbons (Fsp3) is 0.524. The number of pyridine rings is 2. The molecule has 0 N–H and O–H groups in total. The molecular formula is C21H26F3N3O. The van der Waals surface area contributed by atoms with Gasteiger partial charge in [-0.05, 0) is 42.5 Å². The Hall–Kier alpha value is -2.15. The third-order valence-electron chi connectivity index (χ3n) is 5.54. The third kappa shape index (κ3) is 3.99. The van der Waals surface area contributed by atoms with Crippen molar-refractivity contribution in [2.24, 2.45) is 11.3 Å². The largest absolute Gasteiger partial charge is 0.433 e. The highest BCUT2D eigenvalue weighted by Gasteiger charge is 2.54. The van der Waals surface area contributed by atoms with Gasteiger partial charge in [0.15, 0.2) is 0 Å². The van der Waals surface area contributed by atoms with Crippen LogP contribution in [0.5, 0.6) is 0 Å². The van der Waals surface area contributed by atoms with Crippen LogP contribution in [0, 0.1) is 11.3 Å². The number of aromatic nitrogens is 2. The molecule has 152 valence electrons. The first-order valence-corrected chi connectivity index (χ1v) is 9.61. The van der Waals surface area contributed by atoms with Crippen molar-refractivity contribution in [1.29, 1.82) is 0 Å². The molecule has 3 heterocycles. The summed E-state index contributed by atoms with van der Waals surface area (Å²) in [5.41, 5.74) is 1.26.